The molecule has 1 saturated heterocycles. The van der Waals surface area contributed by atoms with Crippen molar-refractivity contribution in [2.24, 2.45) is 5.73 Å². The van der Waals surface area contributed by atoms with E-state index in [9.17, 15) is 0 Å². The Labute approximate surface area is 96.0 Å². The maximum atomic E-state index is 5.77. The van der Waals surface area contributed by atoms with E-state index in [4.69, 9.17) is 10.3 Å². The van der Waals surface area contributed by atoms with Crippen molar-refractivity contribution in [3.8, 4) is 0 Å². The molecular weight excluding hydrogens is 204 g/mol. The summed E-state index contributed by atoms with van der Waals surface area (Å²) >= 11 is 0. The summed E-state index contributed by atoms with van der Waals surface area (Å²) in [6.07, 6.45) is 4.52. The molecule has 0 amide bonds. The summed E-state index contributed by atoms with van der Waals surface area (Å²) < 4.78 is 5.11. The minimum absolute atomic E-state index is 0.484. The molecule has 0 saturated carbocycles. The zero-order valence-corrected chi connectivity index (χ0v) is 9.85. The summed E-state index contributed by atoms with van der Waals surface area (Å²) in [5, 5.41) is 3.98. The van der Waals surface area contributed by atoms with Crippen molar-refractivity contribution in [1.29, 1.82) is 0 Å². The van der Waals surface area contributed by atoms with Crippen LogP contribution in [0, 0.1) is 0 Å². The number of likely N-dealkylation sites (tertiary alicyclic amines) is 1. The van der Waals surface area contributed by atoms with Gasteiger partial charge in [-0.2, -0.15) is 4.98 Å². The molecule has 1 aliphatic heterocycles. The summed E-state index contributed by atoms with van der Waals surface area (Å²) in [7, 11) is 0. The van der Waals surface area contributed by atoms with Crippen LogP contribution in [-0.2, 0) is 13.0 Å². The van der Waals surface area contributed by atoms with Gasteiger partial charge in [0.25, 0.3) is 0 Å². The predicted molar refractivity (Wildman–Crippen MR) is 60.8 cm³/mol. The minimum atomic E-state index is 0.484. The summed E-state index contributed by atoms with van der Waals surface area (Å²) in [5.74, 6) is 1.51. The fourth-order valence-corrected chi connectivity index (χ4v) is 2.21. The molecular formula is C11H20N4O. The molecule has 1 aromatic rings. The number of hydrogen-bond donors (Lipinski definition) is 1. The van der Waals surface area contributed by atoms with Gasteiger partial charge in [-0.25, -0.2) is 0 Å². The highest BCUT2D eigenvalue weighted by atomic mass is 16.5. The molecule has 0 spiro atoms. The van der Waals surface area contributed by atoms with Gasteiger partial charge in [-0.15, -0.1) is 0 Å². The van der Waals surface area contributed by atoms with Crippen LogP contribution in [0.5, 0.6) is 0 Å². The van der Waals surface area contributed by atoms with Crippen LogP contribution in [0.2, 0.25) is 0 Å². The fourth-order valence-electron chi connectivity index (χ4n) is 2.21. The molecule has 0 radical (unpaired) electrons. The molecule has 90 valence electrons. The van der Waals surface area contributed by atoms with Gasteiger partial charge < -0.3 is 10.3 Å². The number of piperidine rings is 1. The van der Waals surface area contributed by atoms with Crippen LogP contribution in [0.4, 0.5) is 0 Å². The number of aromatic nitrogens is 2. The Kier molecular flexibility index (Phi) is 3.90. The Morgan fingerprint density at radius 2 is 2.38 bits per heavy atom. The average Bonchev–Trinajstić information content (AvgIpc) is 2.77. The van der Waals surface area contributed by atoms with Crippen LogP contribution in [0.1, 0.15) is 37.9 Å². The molecule has 1 atom stereocenters. The first-order valence-corrected chi connectivity index (χ1v) is 6.09. The molecule has 2 heterocycles. The van der Waals surface area contributed by atoms with E-state index in [1.165, 1.54) is 19.3 Å². The van der Waals surface area contributed by atoms with E-state index >= 15 is 0 Å². The van der Waals surface area contributed by atoms with Crippen molar-refractivity contribution in [2.45, 2.75) is 45.2 Å². The van der Waals surface area contributed by atoms with Gasteiger partial charge >= 0.3 is 0 Å². The van der Waals surface area contributed by atoms with Crippen LogP contribution < -0.4 is 5.73 Å². The number of aryl methyl sites for hydroxylation is 1. The standard InChI is InChI=1S/C11H20N4O/c1-2-11-13-10(14-16-11)8-15-6-4-3-5-9(15)7-12/h9H,2-8,12H2,1H3. The van der Waals surface area contributed by atoms with Crippen LogP contribution in [0.3, 0.4) is 0 Å². The molecule has 1 unspecified atom stereocenters. The Hall–Kier alpha value is -0.940. The van der Waals surface area contributed by atoms with Crippen LogP contribution in [0.25, 0.3) is 0 Å². The van der Waals surface area contributed by atoms with Crippen molar-refractivity contribution < 1.29 is 4.52 Å². The van der Waals surface area contributed by atoms with Crippen molar-refractivity contribution in [3.63, 3.8) is 0 Å². The van der Waals surface area contributed by atoms with Gasteiger partial charge in [-0.05, 0) is 19.4 Å². The molecule has 1 aromatic heterocycles. The average molecular weight is 224 g/mol. The zero-order valence-electron chi connectivity index (χ0n) is 9.85. The van der Waals surface area contributed by atoms with Crippen molar-refractivity contribution in [3.05, 3.63) is 11.7 Å². The molecule has 0 aromatic carbocycles. The highest BCUT2D eigenvalue weighted by Gasteiger charge is 2.22. The van der Waals surface area contributed by atoms with Crippen LogP contribution >= 0.6 is 0 Å². The lowest BCUT2D eigenvalue weighted by Crippen LogP contribution is -2.43. The quantitative estimate of drug-likeness (QED) is 0.824. The topological polar surface area (TPSA) is 68.2 Å². The lowest BCUT2D eigenvalue weighted by molar-refractivity contribution is 0.140. The largest absolute Gasteiger partial charge is 0.339 e. The van der Waals surface area contributed by atoms with E-state index < -0.39 is 0 Å². The van der Waals surface area contributed by atoms with Crippen molar-refractivity contribution in [2.75, 3.05) is 13.1 Å². The first-order chi connectivity index (χ1) is 7.83. The predicted octanol–water partition coefficient (Wildman–Crippen LogP) is 0.945. The normalized spacial score (nSPS) is 22.5. The van der Waals surface area contributed by atoms with Crippen LogP contribution in [0.15, 0.2) is 4.52 Å². The van der Waals surface area contributed by atoms with E-state index in [0.29, 0.717) is 6.04 Å². The summed E-state index contributed by atoms with van der Waals surface area (Å²) in [4.78, 5) is 6.70. The maximum absolute atomic E-state index is 5.77. The van der Waals surface area contributed by atoms with Gasteiger partial charge in [-0.1, -0.05) is 18.5 Å². The fraction of sp³-hybridized carbons (Fsp3) is 0.818. The Morgan fingerprint density at radius 3 is 3.06 bits per heavy atom. The molecule has 1 fully saturated rings. The first kappa shape index (κ1) is 11.5. The van der Waals surface area contributed by atoms with E-state index in [1.54, 1.807) is 0 Å². The second-order valence-electron chi connectivity index (χ2n) is 4.31. The Balaban J connectivity index is 1.96. The Morgan fingerprint density at radius 1 is 1.50 bits per heavy atom. The molecule has 5 nitrogen and oxygen atoms in total. The molecule has 0 bridgehead atoms. The number of hydrogen-bond acceptors (Lipinski definition) is 5. The molecule has 16 heavy (non-hydrogen) atoms. The monoisotopic (exact) mass is 224 g/mol. The number of nitrogens with zero attached hydrogens (tertiary/aromatic N) is 3. The zero-order chi connectivity index (χ0) is 11.4. The van der Waals surface area contributed by atoms with Gasteiger partial charge in [0.05, 0.1) is 6.54 Å². The lowest BCUT2D eigenvalue weighted by Gasteiger charge is -2.33. The van der Waals surface area contributed by atoms with Gasteiger partial charge in [0.15, 0.2) is 5.82 Å². The molecule has 5 heteroatoms. The van der Waals surface area contributed by atoms with Gasteiger partial charge in [0, 0.05) is 19.0 Å². The third-order valence-corrected chi connectivity index (χ3v) is 3.18. The van der Waals surface area contributed by atoms with E-state index in [-0.39, 0.29) is 0 Å². The van der Waals surface area contributed by atoms with Crippen molar-refractivity contribution in [1.82, 2.24) is 15.0 Å². The highest BCUT2D eigenvalue weighted by Crippen LogP contribution is 2.17. The minimum Gasteiger partial charge on any atom is -0.339 e. The molecule has 2 rings (SSSR count). The van der Waals surface area contributed by atoms with Crippen LogP contribution in [-0.4, -0.2) is 34.2 Å². The third-order valence-electron chi connectivity index (χ3n) is 3.18. The van der Waals surface area contributed by atoms with E-state index in [2.05, 4.69) is 15.0 Å². The highest BCUT2D eigenvalue weighted by molar-refractivity contribution is 4.88. The summed E-state index contributed by atoms with van der Waals surface area (Å²) in [6.45, 7) is 4.60. The lowest BCUT2D eigenvalue weighted by atomic mass is 10.0. The molecule has 0 aliphatic carbocycles. The number of nitrogens with two attached hydrogens (primary N) is 1. The summed E-state index contributed by atoms with van der Waals surface area (Å²) in [6, 6.07) is 0.484. The second-order valence-corrected chi connectivity index (χ2v) is 4.31. The molecule has 1 aliphatic rings. The van der Waals surface area contributed by atoms with Gasteiger partial charge in [-0.3, -0.25) is 4.90 Å². The van der Waals surface area contributed by atoms with Gasteiger partial charge in [0.1, 0.15) is 0 Å². The van der Waals surface area contributed by atoms with E-state index in [0.717, 1.165) is 37.8 Å². The SMILES string of the molecule is CCc1nc(CN2CCCCC2CN)no1. The molecule has 2 N–H and O–H groups in total. The van der Waals surface area contributed by atoms with Crippen molar-refractivity contribution >= 4 is 0 Å². The smallest absolute Gasteiger partial charge is 0.226 e. The maximum Gasteiger partial charge on any atom is 0.226 e. The van der Waals surface area contributed by atoms with Gasteiger partial charge in [0.2, 0.25) is 5.89 Å². The second kappa shape index (κ2) is 5.41. The first-order valence-electron chi connectivity index (χ1n) is 6.09. The third kappa shape index (κ3) is 2.59. The number of rotatable bonds is 4. The van der Waals surface area contributed by atoms with E-state index in [1.807, 2.05) is 6.92 Å². The summed E-state index contributed by atoms with van der Waals surface area (Å²) in [5.41, 5.74) is 5.77. The Bertz CT molecular complexity index is 326.